The highest BCUT2D eigenvalue weighted by Crippen LogP contribution is 2.51. The normalized spacial score (nSPS) is 34.9. The SMILES string of the molecule is CC(C)(O)C(O)CNC(=O)C[C@@]1(O)C2CCC[C@@H]1CC2. The second-order valence-corrected chi connectivity index (χ2v) is 7.04. The molecule has 2 bridgehead atoms. The predicted molar refractivity (Wildman–Crippen MR) is 74.9 cm³/mol. The minimum absolute atomic E-state index is 0.00769. The van der Waals surface area contributed by atoms with Crippen LogP contribution >= 0.6 is 0 Å². The molecule has 2 aliphatic carbocycles. The quantitative estimate of drug-likeness (QED) is 0.594. The summed E-state index contributed by atoms with van der Waals surface area (Å²) in [6.45, 7) is 3.01. The third kappa shape index (κ3) is 3.15. The van der Waals surface area contributed by atoms with Gasteiger partial charge < -0.3 is 20.6 Å². The van der Waals surface area contributed by atoms with Gasteiger partial charge in [0.15, 0.2) is 0 Å². The van der Waals surface area contributed by atoms with E-state index in [0.717, 1.165) is 32.1 Å². The lowest BCUT2D eigenvalue weighted by Crippen LogP contribution is -2.49. The van der Waals surface area contributed by atoms with Crippen LogP contribution in [0.1, 0.15) is 52.4 Å². The summed E-state index contributed by atoms with van der Waals surface area (Å²) in [7, 11) is 0. The van der Waals surface area contributed by atoms with Gasteiger partial charge in [0.25, 0.3) is 0 Å². The largest absolute Gasteiger partial charge is 0.389 e. The van der Waals surface area contributed by atoms with E-state index in [4.69, 9.17) is 0 Å². The molecule has 2 fully saturated rings. The van der Waals surface area contributed by atoms with Crippen LogP contribution in [0.25, 0.3) is 0 Å². The third-order valence-electron chi connectivity index (χ3n) is 5.13. The standard InChI is InChI=1S/C15H27NO4/c1-14(2,19)12(17)9-16-13(18)8-15(20)10-4-3-5-11(15)7-6-10/h10-12,17,19-20H,3-9H2,1-2H3,(H,16,18)/t10-,11?,12?,15+/m1/s1. The van der Waals surface area contributed by atoms with Crippen molar-refractivity contribution in [3.8, 4) is 0 Å². The molecule has 5 nitrogen and oxygen atoms in total. The molecule has 0 radical (unpaired) electrons. The van der Waals surface area contributed by atoms with Crippen LogP contribution in [0.4, 0.5) is 0 Å². The Hall–Kier alpha value is -0.650. The maximum absolute atomic E-state index is 12.0. The molecular formula is C15H27NO4. The second kappa shape index (κ2) is 5.62. The number of carbonyl (C=O) groups excluding carboxylic acids is 1. The summed E-state index contributed by atoms with van der Waals surface area (Å²) in [6, 6.07) is 0. The molecule has 0 heterocycles. The first-order chi connectivity index (χ1) is 9.23. The highest BCUT2D eigenvalue weighted by Gasteiger charge is 2.51. The maximum Gasteiger partial charge on any atom is 0.223 e. The van der Waals surface area contributed by atoms with Gasteiger partial charge in [0.2, 0.25) is 5.91 Å². The molecule has 2 saturated carbocycles. The number of aliphatic hydroxyl groups is 3. The van der Waals surface area contributed by atoms with Crippen molar-refractivity contribution >= 4 is 5.91 Å². The molecule has 20 heavy (non-hydrogen) atoms. The van der Waals surface area contributed by atoms with Gasteiger partial charge in [0.05, 0.1) is 23.7 Å². The number of rotatable bonds is 5. The van der Waals surface area contributed by atoms with E-state index in [1.165, 1.54) is 13.8 Å². The Morgan fingerprint density at radius 3 is 2.35 bits per heavy atom. The number of hydrogen-bond acceptors (Lipinski definition) is 4. The van der Waals surface area contributed by atoms with Crippen molar-refractivity contribution in [2.75, 3.05) is 6.54 Å². The Morgan fingerprint density at radius 1 is 1.30 bits per heavy atom. The molecule has 2 unspecified atom stereocenters. The van der Waals surface area contributed by atoms with Crippen molar-refractivity contribution in [1.29, 1.82) is 0 Å². The number of nitrogens with one attached hydrogen (secondary N) is 1. The molecule has 0 aliphatic heterocycles. The van der Waals surface area contributed by atoms with E-state index in [9.17, 15) is 20.1 Å². The minimum atomic E-state index is -1.24. The Kier molecular flexibility index (Phi) is 4.42. The van der Waals surface area contributed by atoms with Crippen LogP contribution in [0.3, 0.4) is 0 Å². The first-order valence-corrected chi connectivity index (χ1v) is 7.63. The van der Waals surface area contributed by atoms with Crippen LogP contribution in [-0.2, 0) is 4.79 Å². The first kappa shape index (κ1) is 15.7. The highest BCUT2D eigenvalue weighted by molar-refractivity contribution is 5.77. The monoisotopic (exact) mass is 285 g/mol. The summed E-state index contributed by atoms with van der Waals surface area (Å²) in [5.74, 6) is 0.243. The molecule has 5 heteroatoms. The van der Waals surface area contributed by atoms with E-state index in [-0.39, 0.29) is 30.7 Å². The first-order valence-electron chi connectivity index (χ1n) is 7.63. The van der Waals surface area contributed by atoms with Crippen LogP contribution in [0.15, 0.2) is 0 Å². The predicted octanol–water partition coefficient (Wildman–Crippen LogP) is 0.566. The zero-order valence-corrected chi connectivity index (χ0v) is 12.4. The van der Waals surface area contributed by atoms with Gasteiger partial charge in [-0.15, -0.1) is 0 Å². The molecule has 116 valence electrons. The number of aliphatic hydroxyl groups excluding tert-OH is 1. The minimum Gasteiger partial charge on any atom is -0.389 e. The van der Waals surface area contributed by atoms with Gasteiger partial charge in [-0.2, -0.15) is 0 Å². The molecule has 0 saturated heterocycles. The Balaban J connectivity index is 1.86. The number of carbonyl (C=O) groups is 1. The molecule has 0 aromatic rings. The zero-order chi connectivity index (χ0) is 15.0. The third-order valence-corrected chi connectivity index (χ3v) is 5.13. The van der Waals surface area contributed by atoms with E-state index in [1.807, 2.05) is 0 Å². The van der Waals surface area contributed by atoms with Crippen LogP contribution in [0.5, 0.6) is 0 Å². The van der Waals surface area contributed by atoms with Crippen molar-refractivity contribution < 1.29 is 20.1 Å². The topological polar surface area (TPSA) is 89.8 Å². The number of amides is 1. The smallest absolute Gasteiger partial charge is 0.223 e. The van der Waals surface area contributed by atoms with Gasteiger partial charge in [-0.25, -0.2) is 0 Å². The van der Waals surface area contributed by atoms with Crippen LogP contribution in [-0.4, -0.2) is 45.1 Å². The van der Waals surface area contributed by atoms with E-state index < -0.39 is 17.3 Å². The average molecular weight is 285 g/mol. The van der Waals surface area contributed by atoms with E-state index >= 15 is 0 Å². The van der Waals surface area contributed by atoms with Crippen molar-refractivity contribution in [2.24, 2.45) is 11.8 Å². The summed E-state index contributed by atoms with van der Waals surface area (Å²) in [6.07, 6.45) is 4.29. The summed E-state index contributed by atoms with van der Waals surface area (Å²) >= 11 is 0. The van der Waals surface area contributed by atoms with Crippen LogP contribution in [0, 0.1) is 11.8 Å². The van der Waals surface area contributed by atoms with Crippen molar-refractivity contribution in [3.05, 3.63) is 0 Å². The molecule has 2 rings (SSSR count). The molecule has 0 aromatic carbocycles. The van der Waals surface area contributed by atoms with Gasteiger partial charge in [-0.05, 0) is 51.4 Å². The second-order valence-electron chi connectivity index (χ2n) is 7.04. The van der Waals surface area contributed by atoms with E-state index in [1.54, 1.807) is 0 Å². The fourth-order valence-electron chi connectivity index (χ4n) is 3.70. The number of hydrogen-bond donors (Lipinski definition) is 4. The Bertz CT molecular complexity index is 347. The molecule has 1 amide bonds. The molecule has 2 aliphatic rings. The van der Waals surface area contributed by atoms with E-state index in [2.05, 4.69) is 5.32 Å². The highest BCUT2D eigenvalue weighted by atomic mass is 16.3. The molecular weight excluding hydrogens is 258 g/mol. The average Bonchev–Trinajstić information content (AvgIpc) is 2.56. The summed E-state index contributed by atoms with van der Waals surface area (Å²) < 4.78 is 0. The van der Waals surface area contributed by atoms with Gasteiger partial charge in [0, 0.05) is 6.54 Å². The summed E-state index contributed by atoms with van der Waals surface area (Å²) in [5.41, 5.74) is -2.10. The zero-order valence-electron chi connectivity index (χ0n) is 12.4. The molecule has 0 aromatic heterocycles. The van der Waals surface area contributed by atoms with Gasteiger partial charge >= 0.3 is 0 Å². The fraction of sp³-hybridized carbons (Fsp3) is 0.933. The lowest BCUT2D eigenvalue weighted by Gasteiger charge is -2.39. The van der Waals surface area contributed by atoms with E-state index in [0.29, 0.717) is 0 Å². The van der Waals surface area contributed by atoms with Gasteiger partial charge in [0.1, 0.15) is 0 Å². The van der Waals surface area contributed by atoms with Crippen LogP contribution in [0.2, 0.25) is 0 Å². The van der Waals surface area contributed by atoms with Crippen molar-refractivity contribution in [2.45, 2.75) is 69.7 Å². The summed E-state index contributed by atoms with van der Waals surface area (Å²) in [5, 5.41) is 32.7. The van der Waals surface area contributed by atoms with Gasteiger partial charge in [-0.3, -0.25) is 4.79 Å². The van der Waals surface area contributed by atoms with Crippen molar-refractivity contribution in [1.82, 2.24) is 5.32 Å². The van der Waals surface area contributed by atoms with Gasteiger partial charge in [-0.1, -0.05) is 6.42 Å². The lowest BCUT2D eigenvalue weighted by molar-refractivity contribution is -0.134. The Morgan fingerprint density at radius 2 is 1.85 bits per heavy atom. The maximum atomic E-state index is 12.0. The van der Waals surface area contributed by atoms with Crippen LogP contribution < -0.4 is 5.32 Å². The molecule has 0 spiro atoms. The van der Waals surface area contributed by atoms with Crippen molar-refractivity contribution in [3.63, 3.8) is 0 Å². The fourth-order valence-corrected chi connectivity index (χ4v) is 3.70. The number of fused-ring (bicyclic) bond motifs is 2. The molecule has 4 atom stereocenters. The summed E-state index contributed by atoms with van der Waals surface area (Å²) in [4.78, 5) is 12.0. The Labute approximate surface area is 120 Å². The molecule has 4 N–H and O–H groups in total. The lowest BCUT2D eigenvalue weighted by atomic mass is 9.72.